The standard InChI is InChI=1S/C12H20N2/c1-10(14-9-12(2,3)4)11-5-7-13-8-6-11/h5-8,10,14H,9H2,1-4H3/t10-/m0/s1. The van der Waals surface area contributed by atoms with E-state index in [0.717, 1.165) is 6.54 Å². The summed E-state index contributed by atoms with van der Waals surface area (Å²) >= 11 is 0. The Labute approximate surface area is 86.8 Å². The largest absolute Gasteiger partial charge is 0.310 e. The highest BCUT2D eigenvalue weighted by molar-refractivity contribution is 5.13. The first-order valence-corrected chi connectivity index (χ1v) is 5.12. The summed E-state index contributed by atoms with van der Waals surface area (Å²) in [5.41, 5.74) is 1.63. The number of hydrogen-bond acceptors (Lipinski definition) is 2. The second-order valence-electron chi connectivity index (χ2n) is 4.94. The summed E-state index contributed by atoms with van der Waals surface area (Å²) in [5.74, 6) is 0. The zero-order valence-corrected chi connectivity index (χ0v) is 9.54. The van der Waals surface area contributed by atoms with E-state index in [9.17, 15) is 0 Å². The molecular weight excluding hydrogens is 172 g/mol. The molecule has 1 atom stereocenters. The summed E-state index contributed by atoms with van der Waals surface area (Å²) in [4.78, 5) is 4.01. The maximum Gasteiger partial charge on any atom is 0.0293 e. The second-order valence-corrected chi connectivity index (χ2v) is 4.94. The minimum absolute atomic E-state index is 0.335. The average molecular weight is 192 g/mol. The van der Waals surface area contributed by atoms with Gasteiger partial charge in [-0.3, -0.25) is 4.98 Å². The van der Waals surface area contributed by atoms with Crippen molar-refractivity contribution in [2.75, 3.05) is 6.54 Å². The Bertz CT molecular complexity index is 261. The van der Waals surface area contributed by atoms with E-state index in [4.69, 9.17) is 0 Å². The van der Waals surface area contributed by atoms with Crippen LogP contribution in [0.3, 0.4) is 0 Å². The molecule has 1 rings (SSSR count). The van der Waals surface area contributed by atoms with E-state index in [2.05, 4.69) is 50.1 Å². The van der Waals surface area contributed by atoms with Crippen LogP contribution in [0.1, 0.15) is 39.3 Å². The predicted molar refractivity (Wildman–Crippen MR) is 60.1 cm³/mol. The highest BCUT2D eigenvalue weighted by atomic mass is 14.9. The third-order valence-corrected chi connectivity index (χ3v) is 2.14. The van der Waals surface area contributed by atoms with Gasteiger partial charge in [0.25, 0.3) is 0 Å². The van der Waals surface area contributed by atoms with Gasteiger partial charge in [0.05, 0.1) is 0 Å². The highest BCUT2D eigenvalue weighted by Crippen LogP contribution is 2.15. The zero-order valence-electron chi connectivity index (χ0n) is 9.54. The van der Waals surface area contributed by atoms with Crippen molar-refractivity contribution in [2.24, 2.45) is 5.41 Å². The fraction of sp³-hybridized carbons (Fsp3) is 0.583. The van der Waals surface area contributed by atoms with E-state index in [-0.39, 0.29) is 0 Å². The monoisotopic (exact) mass is 192 g/mol. The number of rotatable bonds is 3. The summed E-state index contributed by atoms with van der Waals surface area (Å²) < 4.78 is 0. The molecular formula is C12H20N2. The van der Waals surface area contributed by atoms with E-state index >= 15 is 0 Å². The van der Waals surface area contributed by atoms with Crippen LogP contribution in [0.5, 0.6) is 0 Å². The van der Waals surface area contributed by atoms with E-state index in [0.29, 0.717) is 11.5 Å². The minimum atomic E-state index is 0.335. The van der Waals surface area contributed by atoms with Crippen molar-refractivity contribution in [1.29, 1.82) is 0 Å². The third-order valence-electron chi connectivity index (χ3n) is 2.14. The SMILES string of the molecule is C[C@H](NCC(C)(C)C)c1ccncc1. The molecule has 2 heteroatoms. The van der Waals surface area contributed by atoms with Crippen molar-refractivity contribution < 1.29 is 0 Å². The molecule has 0 aliphatic rings. The summed E-state index contributed by atoms with van der Waals surface area (Å²) in [5, 5.41) is 3.51. The van der Waals surface area contributed by atoms with Gasteiger partial charge in [0.2, 0.25) is 0 Å². The van der Waals surface area contributed by atoms with Crippen LogP contribution in [0.4, 0.5) is 0 Å². The second kappa shape index (κ2) is 4.56. The fourth-order valence-electron chi connectivity index (χ4n) is 1.23. The quantitative estimate of drug-likeness (QED) is 0.796. The maximum atomic E-state index is 4.01. The Morgan fingerprint density at radius 2 is 1.86 bits per heavy atom. The van der Waals surface area contributed by atoms with Crippen LogP contribution < -0.4 is 5.32 Å². The van der Waals surface area contributed by atoms with E-state index in [1.807, 2.05) is 12.4 Å². The highest BCUT2D eigenvalue weighted by Gasteiger charge is 2.12. The third kappa shape index (κ3) is 3.88. The van der Waals surface area contributed by atoms with Gasteiger partial charge >= 0.3 is 0 Å². The molecule has 0 aliphatic carbocycles. The van der Waals surface area contributed by atoms with Crippen molar-refractivity contribution >= 4 is 0 Å². The van der Waals surface area contributed by atoms with Crippen LogP contribution in [-0.2, 0) is 0 Å². The van der Waals surface area contributed by atoms with Gasteiger partial charge in [-0.25, -0.2) is 0 Å². The molecule has 1 aromatic rings. The van der Waals surface area contributed by atoms with Crippen molar-refractivity contribution in [3.8, 4) is 0 Å². The lowest BCUT2D eigenvalue weighted by atomic mass is 9.96. The van der Waals surface area contributed by atoms with Gasteiger partial charge in [-0.1, -0.05) is 20.8 Å². The number of pyridine rings is 1. The normalized spacial score (nSPS) is 14.0. The molecule has 1 aromatic heterocycles. The average Bonchev–Trinajstić information content (AvgIpc) is 2.14. The first-order valence-electron chi connectivity index (χ1n) is 5.12. The molecule has 1 heterocycles. The van der Waals surface area contributed by atoms with Gasteiger partial charge in [0.15, 0.2) is 0 Å². The predicted octanol–water partition coefficient (Wildman–Crippen LogP) is 2.78. The molecule has 14 heavy (non-hydrogen) atoms. The fourth-order valence-corrected chi connectivity index (χ4v) is 1.23. The number of nitrogens with one attached hydrogen (secondary N) is 1. The Kier molecular flexibility index (Phi) is 3.64. The molecule has 0 fully saturated rings. The van der Waals surface area contributed by atoms with Crippen molar-refractivity contribution in [3.05, 3.63) is 30.1 Å². The van der Waals surface area contributed by atoms with Gasteiger partial charge < -0.3 is 5.32 Å². The van der Waals surface area contributed by atoms with Gasteiger partial charge in [-0.15, -0.1) is 0 Å². The topological polar surface area (TPSA) is 24.9 Å². The first-order chi connectivity index (χ1) is 6.49. The lowest BCUT2D eigenvalue weighted by molar-refractivity contribution is 0.359. The van der Waals surface area contributed by atoms with Crippen molar-refractivity contribution in [2.45, 2.75) is 33.7 Å². The van der Waals surface area contributed by atoms with Crippen LogP contribution >= 0.6 is 0 Å². The van der Waals surface area contributed by atoms with Gasteiger partial charge in [-0.05, 0) is 30.0 Å². The first kappa shape index (κ1) is 11.2. The Balaban J connectivity index is 2.48. The van der Waals surface area contributed by atoms with Crippen LogP contribution in [0.2, 0.25) is 0 Å². The molecule has 78 valence electrons. The minimum Gasteiger partial charge on any atom is -0.310 e. The van der Waals surface area contributed by atoms with E-state index in [1.54, 1.807) is 0 Å². The lowest BCUT2D eigenvalue weighted by Crippen LogP contribution is -2.29. The molecule has 0 saturated carbocycles. The molecule has 0 radical (unpaired) electrons. The Hall–Kier alpha value is -0.890. The summed E-state index contributed by atoms with van der Waals surface area (Å²) in [6, 6.07) is 4.51. The van der Waals surface area contributed by atoms with Crippen LogP contribution in [0.15, 0.2) is 24.5 Å². The van der Waals surface area contributed by atoms with Crippen molar-refractivity contribution in [1.82, 2.24) is 10.3 Å². The van der Waals surface area contributed by atoms with E-state index < -0.39 is 0 Å². The summed E-state index contributed by atoms with van der Waals surface area (Å²) in [7, 11) is 0. The van der Waals surface area contributed by atoms with Gasteiger partial charge in [-0.2, -0.15) is 0 Å². The van der Waals surface area contributed by atoms with Crippen LogP contribution in [0, 0.1) is 5.41 Å². The van der Waals surface area contributed by atoms with Gasteiger partial charge in [0.1, 0.15) is 0 Å². The zero-order chi connectivity index (χ0) is 10.6. The number of aromatic nitrogens is 1. The smallest absolute Gasteiger partial charge is 0.0293 e. The molecule has 0 spiro atoms. The maximum absolute atomic E-state index is 4.01. The van der Waals surface area contributed by atoms with E-state index in [1.165, 1.54) is 5.56 Å². The molecule has 2 nitrogen and oxygen atoms in total. The van der Waals surface area contributed by atoms with Gasteiger partial charge in [0, 0.05) is 25.0 Å². The molecule has 0 bridgehead atoms. The van der Waals surface area contributed by atoms with Crippen LogP contribution in [0.25, 0.3) is 0 Å². The summed E-state index contributed by atoms with van der Waals surface area (Å²) in [6.07, 6.45) is 3.68. The molecule has 0 amide bonds. The molecule has 0 unspecified atom stereocenters. The Morgan fingerprint density at radius 1 is 1.29 bits per heavy atom. The molecule has 0 saturated heterocycles. The summed E-state index contributed by atoms with van der Waals surface area (Å²) in [6.45, 7) is 9.91. The lowest BCUT2D eigenvalue weighted by Gasteiger charge is -2.22. The molecule has 1 N–H and O–H groups in total. The van der Waals surface area contributed by atoms with Crippen molar-refractivity contribution in [3.63, 3.8) is 0 Å². The number of hydrogen-bond donors (Lipinski definition) is 1. The number of nitrogens with zero attached hydrogens (tertiary/aromatic N) is 1. The molecule has 0 aliphatic heterocycles. The molecule has 0 aromatic carbocycles. The van der Waals surface area contributed by atoms with Crippen LogP contribution in [-0.4, -0.2) is 11.5 Å². The Morgan fingerprint density at radius 3 is 2.36 bits per heavy atom.